The van der Waals surface area contributed by atoms with Crippen LogP contribution in [0.1, 0.15) is 49.1 Å². The predicted octanol–water partition coefficient (Wildman–Crippen LogP) is 3.55. The lowest BCUT2D eigenvalue weighted by atomic mass is 9.89. The van der Waals surface area contributed by atoms with Gasteiger partial charge in [0.25, 0.3) is 0 Å². The molecule has 1 fully saturated rings. The second kappa shape index (κ2) is 8.47. The Kier molecular flexibility index (Phi) is 5.83. The van der Waals surface area contributed by atoms with Crippen LogP contribution >= 0.6 is 0 Å². The van der Waals surface area contributed by atoms with Crippen molar-refractivity contribution in [3.8, 4) is 0 Å². The zero-order chi connectivity index (χ0) is 17.5. The number of benzene rings is 2. The summed E-state index contributed by atoms with van der Waals surface area (Å²) in [4.78, 5) is 25.1. The molecule has 0 spiro atoms. The Balaban J connectivity index is 1.70. The van der Waals surface area contributed by atoms with Crippen molar-refractivity contribution < 1.29 is 9.59 Å². The molecule has 2 aromatic carbocycles. The maximum atomic E-state index is 12.8. The molecule has 0 aliphatic heterocycles. The first-order valence-electron chi connectivity index (χ1n) is 8.95. The van der Waals surface area contributed by atoms with Gasteiger partial charge < -0.3 is 0 Å². The van der Waals surface area contributed by atoms with Crippen molar-refractivity contribution in [3.63, 3.8) is 0 Å². The standard InChI is InChI=1S/C21H24N2O2/c24-20(18-14-8-3-9-15-18)22-23-21(25)19(16-10-4-1-5-11-16)17-12-6-2-7-13-17/h1-2,4-7,10-13,18-19H,3,8-9,14-15H2,(H,22,24)(H,23,25). The number of rotatable bonds is 4. The van der Waals surface area contributed by atoms with Gasteiger partial charge in [-0.3, -0.25) is 20.4 Å². The summed E-state index contributed by atoms with van der Waals surface area (Å²) in [6.45, 7) is 0. The molecule has 0 aromatic heterocycles. The molecule has 2 N–H and O–H groups in total. The summed E-state index contributed by atoms with van der Waals surface area (Å²) in [7, 11) is 0. The Hall–Kier alpha value is -2.62. The van der Waals surface area contributed by atoms with Crippen LogP contribution in [0.3, 0.4) is 0 Å². The number of hydrogen-bond donors (Lipinski definition) is 2. The highest BCUT2D eigenvalue weighted by Gasteiger charge is 2.25. The van der Waals surface area contributed by atoms with Crippen molar-refractivity contribution in [1.82, 2.24) is 10.9 Å². The summed E-state index contributed by atoms with van der Waals surface area (Å²) in [5.41, 5.74) is 7.07. The summed E-state index contributed by atoms with van der Waals surface area (Å²) in [5, 5.41) is 0. The highest BCUT2D eigenvalue weighted by Crippen LogP contribution is 2.25. The lowest BCUT2D eigenvalue weighted by molar-refractivity contribution is -0.132. The summed E-state index contributed by atoms with van der Waals surface area (Å²) in [5.74, 6) is -0.732. The molecule has 1 aliphatic rings. The molecule has 0 heterocycles. The summed E-state index contributed by atoms with van der Waals surface area (Å²) in [6, 6.07) is 19.2. The fraction of sp³-hybridized carbons (Fsp3) is 0.333. The Morgan fingerprint density at radius 1 is 0.760 bits per heavy atom. The van der Waals surface area contributed by atoms with E-state index < -0.39 is 5.92 Å². The van der Waals surface area contributed by atoms with Gasteiger partial charge in [-0.1, -0.05) is 79.9 Å². The van der Waals surface area contributed by atoms with E-state index in [0.29, 0.717) is 0 Å². The minimum absolute atomic E-state index is 0.0148. The molecule has 4 heteroatoms. The van der Waals surface area contributed by atoms with Crippen molar-refractivity contribution >= 4 is 11.8 Å². The van der Waals surface area contributed by atoms with Gasteiger partial charge in [-0.05, 0) is 24.0 Å². The Bertz CT molecular complexity index is 655. The lowest BCUT2D eigenvalue weighted by Crippen LogP contribution is -2.46. The number of amides is 2. The first-order chi connectivity index (χ1) is 12.3. The molecule has 0 atom stereocenters. The molecule has 0 unspecified atom stereocenters. The summed E-state index contributed by atoms with van der Waals surface area (Å²) in [6.07, 6.45) is 5.18. The average Bonchev–Trinajstić information content (AvgIpc) is 2.69. The van der Waals surface area contributed by atoms with Crippen LogP contribution < -0.4 is 10.9 Å². The monoisotopic (exact) mass is 336 g/mol. The quantitative estimate of drug-likeness (QED) is 0.839. The maximum absolute atomic E-state index is 12.8. The molecule has 1 aliphatic carbocycles. The lowest BCUT2D eigenvalue weighted by Gasteiger charge is -2.22. The average molecular weight is 336 g/mol. The second-order valence-electron chi connectivity index (χ2n) is 6.57. The van der Waals surface area contributed by atoms with Crippen LogP contribution in [0.5, 0.6) is 0 Å². The molecular formula is C21H24N2O2. The van der Waals surface area contributed by atoms with Crippen LogP contribution in [-0.2, 0) is 9.59 Å². The van der Waals surface area contributed by atoms with Gasteiger partial charge in [-0.15, -0.1) is 0 Å². The summed E-state index contributed by atoms with van der Waals surface area (Å²) < 4.78 is 0. The topological polar surface area (TPSA) is 58.2 Å². The highest BCUT2D eigenvalue weighted by molar-refractivity contribution is 5.89. The zero-order valence-corrected chi connectivity index (χ0v) is 14.3. The number of hydrazine groups is 1. The van der Waals surface area contributed by atoms with Gasteiger partial charge in [0.2, 0.25) is 11.8 Å². The third kappa shape index (κ3) is 4.47. The molecule has 1 saturated carbocycles. The van der Waals surface area contributed by atoms with Crippen LogP contribution in [0.2, 0.25) is 0 Å². The Morgan fingerprint density at radius 3 is 1.80 bits per heavy atom. The molecular weight excluding hydrogens is 312 g/mol. The van der Waals surface area contributed by atoms with Gasteiger partial charge in [-0.2, -0.15) is 0 Å². The molecule has 3 rings (SSSR count). The van der Waals surface area contributed by atoms with Crippen LogP contribution in [0.15, 0.2) is 60.7 Å². The smallest absolute Gasteiger partial charge is 0.250 e. The molecule has 130 valence electrons. The van der Waals surface area contributed by atoms with Crippen LogP contribution in [0.4, 0.5) is 0 Å². The van der Waals surface area contributed by atoms with Gasteiger partial charge in [0, 0.05) is 5.92 Å². The normalized spacial score (nSPS) is 14.9. The molecule has 0 bridgehead atoms. The number of carbonyl (C=O) groups excluding carboxylic acids is 2. The zero-order valence-electron chi connectivity index (χ0n) is 14.3. The van der Waals surface area contributed by atoms with E-state index >= 15 is 0 Å². The van der Waals surface area contributed by atoms with Crippen molar-refractivity contribution in [3.05, 3.63) is 71.8 Å². The second-order valence-corrected chi connectivity index (χ2v) is 6.57. The van der Waals surface area contributed by atoms with Crippen LogP contribution in [0, 0.1) is 5.92 Å². The van der Waals surface area contributed by atoms with Crippen molar-refractivity contribution in [2.24, 2.45) is 5.92 Å². The van der Waals surface area contributed by atoms with Crippen LogP contribution in [0.25, 0.3) is 0 Å². The van der Waals surface area contributed by atoms with Crippen molar-refractivity contribution in [1.29, 1.82) is 0 Å². The summed E-state index contributed by atoms with van der Waals surface area (Å²) >= 11 is 0. The fourth-order valence-corrected chi connectivity index (χ4v) is 3.45. The maximum Gasteiger partial charge on any atom is 0.250 e. The number of nitrogens with one attached hydrogen (secondary N) is 2. The SMILES string of the molecule is O=C(NNC(=O)C(c1ccccc1)c1ccccc1)C1CCCCC1. The molecule has 4 nitrogen and oxygen atoms in total. The van der Waals surface area contributed by atoms with Crippen molar-refractivity contribution in [2.45, 2.75) is 38.0 Å². The van der Waals surface area contributed by atoms with E-state index in [9.17, 15) is 9.59 Å². The minimum atomic E-state index is -0.450. The van der Waals surface area contributed by atoms with Gasteiger partial charge in [0.05, 0.1) is 5.92 Å². The van der Waals surface area contributed by atoms with E-state index in [2.05, 4.69) is 10.9 Å². The third-order valence-corrected chi connectivity index (χ3v) is 4.81. The number of hydrogen-bond acceptors (Lipinski definition) is 2. The number of carbonyl (C=O) groups is 2. The molecule has 2 amide bonds. The van der Waals surface area contributed by atoms with E-state index in [1.807, 2.05) is 60.7 Å². The van der Waals surface area contributed by atoms with E-state index in [-0.39, 0.29) is 17.7 Å². The molecule has 0 saturated heterocycles. The minimum Gasteiger partial charge on any atom is -0.273 e. The first-order valence-corrected chi connectivity index (χ1v) is 8.95. The van der Waals surface area contributed by atoms with E-state index in [4.69, 9.17) is 0 Å². The molecule has 25 heavy (non-hydrogen) atoms. The van der Waals surface area contributed by atoms with Gasteiger partial charge in [-0.25, -0.2) is 0 Å². The third-order valence-electron chi connectivity index (χ3n) is 4.81. The molecule has 0 radical (unpaired) electrons. The fourth-order valence-electron chi connectivity index (χ4n) is 3.45. The van der Waals surface area contributed by atoms with E-state index in [1.165, 1.54) is 6.42 Å². The van der Waals surface area contributed by atoms with Crippen molar-refractivity contribution in [2.75, 3.05) is 0 Å². The van der Waals surface area contributed by atoms with E-state index in [1.54, 1.807) is 0 Å². The molecule has 2 aromatic rings. The Morgan fingerprint density at radius 2 is 1.28 bits per heavy atom. The Labute approximate surface area is 148 Å². The van der Waals surface area contributed by atoms with Crippen LogP contribution in [-0.4, -0.2) is 11.8 Å². The van der Waals surface area contributed by atoms with Gasteiger partial charge in [0.15, 0.2) is 0 Å². The predicted molar refractivity (Wildman–Crippen MR) is 97.6 cm³/mol. The van der Waals surface area contributed by atoms with E-state index in [0.717, 1.165) is 36.8 Å². The van der Waals surface area contributed by atoms with Gasteiger partial charge in [0.1, 0.15) is 0 Å². The van der Waals surface area contributed by atoms with Gasteiger partial charge >= 0.3 is 0 Å². The largest absolute Gasteiger partial charge is 0.273 e. The highest BCUT2D eigenvalue weighted by atomic mass is 16.2. The first kappa shape index (κ1) is 17.2.